The van der Waals surface area contributed by atoms with E-state index in [0.717, 1.165) is 19.4 Å². The van der Waals surface area contributed by atoms with Crippen LogP contribution in [0.5, 0.6) is 0 Å². The van der Waals surface area contributed by atoms with Crippen LogP contribution in [0.1, 0.15) is 45.8 Å². The van der Waals surface area contributed by atoms with Crippen LogP contribution in [0.2, 0.25) is 0 Å². The first-order chi connectivity index (χ1) is 14.2. The zero-order valence-electron chi connectivity index (χ0n) is 17.3. The molecule has 0 fully saturated rings. The summed E-state index contributed by atoms with van der Waals surface area (Å²) in [5.41, 5.74) is 8.17. The van der Waals surface area contributed by atoms with Crippen molar-refractivity contribution in [1.29, 1.82) is 0 Å². The maximum Gasteiger partial charge on any atom is 0.0951 e. The van der Waals surface area contributed by atoms with Gasteiger partial charge >= 0.3 is 0 Å². The number of aryl methyl sites for hydroxylation is 3. The summed E-state index contributed by atoms with van der Waals surface area (Å²) in [5, 5.41) is 0. The Hall–Kier alpha value is -3.13. The zero-order valence-corrected chi connectivity index (χ0v) is 17.3. The molecule has 0 aliphatic rings. The first-order valence-corrected chi connectivity index (χ1v) is 10.4. The van der Waals surface area contributed by atoms with E-state index in [4.69, 9.17) is 0 Å². The van der Waals surface area contributed by atoms with Crippen molar-refractivity contribution in [2.75, 3.05) is 0 Å². The minimum absolute atomic E-state index is 0.387. The SMILES string of the molecule is Cc1ccccc1C(CCc1cncn1Cc1ccccc1)c1ccccc1C. The summed E-state index contributed by atoms with van der Waals surface area (Å²) in [7, 11) is 0. The molecule has 0 bridgehead atoms. The van der Waals surface area contributed by atoms with E-state index in [1.54, 1.807) is 0 Å². The minimum atomic E-state index is 0.387. The number of rotatable bonds is 7. The lowest BCUT2D eigenvalue weighted by atomic mass is 9.83. The molecule has 0 amide bonds. The average molecular weight is 381 g/mol. The van der Waals surface area contributed by atoms with E-state index in [2.05, 4.69) is 102 Å². The van der Waals surface area contributed by atoms with Crippen LogP contribution in [0, 0.1) is 13.8 Å². The molecular formula is C27H28N2. The summed E-state index contributed by atoms with van der Waals surface area (Å²) in [4.78, 5) is 4.44. The van der Waals surface area contributed by atoms with Gasteiger partial charge in [0.25, 0.3) is 0 Å². The number of hydrogen-bond acceptors (Lipinski definition) is 1. The fourth-order valence-electron chi connectivity index (χ4n) is 4.21. The van der Waals surface area contributed by atoms with Crippen LogP contribution >= 0.6 is 0 Å². The van der Waals surface area contributed by atoms with Crippen molar-refractivity contribution in [3.63, 3.8) is 0 Å². The molecule has 2 heteroatoms. The van der Waals surface area contributed by atoms with E-state index < -0.39 is 0 Å². The minimum Gasteiger partial charge on any atom is -0.330 e. The number of aromatic nitrogens is 2. The quantitative estimate of drug-likeness (QED) is 0.367. The predicted octanol–water partition coefficient (Wildman–Crippen LogP) is 6.31. The van der Waals surface area contributed by atoms with Gasteiger partial charge in [0, 0.05) is 24.4 Å². The van der Waals surface area contributed by atoms with E-state index in [0.29, 0.717) is 5.92 Å². The summed E-state index contributed by atoms with van der Waals surface area (Å²) >= 11 is 0. The highest BCUT2D eigenvalue weighted by Gasteiger charge is 2.18. The normalized spacial score (nSPS) is 11.1. The Morgan fingerprint density at radius 1 is 0.759 bits per heavy atom. The van der Waals surface area contributed by atoms with Gasteiger partial charge in [-0.15, -0.1) is 0 Å². The summed E-state index contributed by atoms with van der Waals surface area (Å²) in [5.74, 6) is 0.387. The van der Waals surface area contributed by atoms with Crippen molar-refractivity contribution < 1.29 is 0 Å². The molecule has 1 aromatic heterocycles. The zero-order chi connectivity index (χ0) is 20.1. The lowest BCUT2D eigenvalue weighted by Crippen LogP contribution is -2.09. The van der Waals surface area contributed by atoms with Gasteiger partial charge in [-0.1, -0.05) is 78.9 Å². The van der Waals surface area contributed by atoms with Crippen LogP contribution in [0.25, 0.3) is 0 Å². The van der Waals surface area contributed by atoms with E-state index >= 15 is 0 Å². The molecule has 0 saturated carbocycles. The lowest BCUT2D eigenvalue weighted by molar-refractivity contribution is 0.658. The Morgan fingerprint density at radius 3 is 1.97 bits per heavy atom. The van der Waals surface area contributed by atoms with Crippen LogP contribution in [0.15, 0.2) is 91.4 Å². The Balaban J connectivity index is 1.60. The molecule has 0 saturated heterocycles. The van der Waals surface area contributed by atoms with E-state index in [1.165, 1.54) is 33.5 Å². The molecule has 0 aliphatic carbocycles. The van der Waals surface area contributed by atoms with Gasteiger partial charge in [-0.05, 0) is 54.5 Å². The van der Waals surface area contributed by atoms with E-state index in [-0.39, 0.29) is 0 Å². The van der Waals surface area contributed by atoms with Crippen LogP contribution < -0.4 is 0 Å². The van der Waals surface area contributed by atoms with Crippen molar-refractivity contribution in [2.24, 2.45) is 0 Å². The van der Waals surface area contributed by atoms with Gasteiger partial charge in [0.2, 0.25) is 0 Å². The second kappa shape index (κ2) is 8.91. The van der Waals surface area contributed by atoms with Crippen molar-refractivity contribution in [3.05, 3.63) is 125 Å². The smallest absolute Gasteiger partial charge is 0.0951 e. The number of imidazole rings is 1. The molecule has 2 nitrogen and oxygen atoms in total. The molecule has 146 valence electrons. The maximum absolute atomic E-state index is 4.44. The average Bonchev–Trinajstić information content (AvgIpc) is 3.18. The van der Waals surface area contributed by atoms with Gasteiger partial charge in [-0.25, -0.2) is 4.98 Å². The molecule has 3 aromatic carbocycles. The Bertz CT molecular complexity index is 1020. The van der Waals surface area contributed by atoms with Crippen molar-refractivity contribution in [1.82, 2.24) is 9.55 Å². The highest BCUT2D eigenvalue weighted by molar-refractivity contribution is 5.41. The number of hydrogen-bond donors (Lipinski definition) is 0. The molecule has 4 aromatic rings. The predicted molar refractivity (Wildman–Crippen MR) is 120 cm³/mol. The van der Waals surface area contributed by atoms with Crippen LogP contribution in [0.4, 0.5) is 0 Å². The van der Waals surface area contributed by atoms with Gasteiger partial charge < -0.3 is 4.57 Å². The molecule has 0 unspecified atom stereocenters. The Kier molecular flexibility index (Phi) is 5.90. The lowest BCUT2D eigenvalue weighted by Gasteiger charge is -2.22. The van der Waals surface area contributed by atoms with Crippen molar-refractivity contribution >= 4 is 0 Å². The first kappa shape index (κ1) is 19.2. The third-order valence-electron chi connectivity index (χ3n) is 5.81. The molecule has 0 atom stereocenters. The monoisotopic (exact) mass is 380 g/mol. The van der Waals surface area contributed by atoms with E-state index in [9.17, 15) is 0 Å². The number of benzene rings is 3. The molecule has 0 radical (unpaired) electrons. The first-order valence-electron chi connectivity index (χ1n) is 10.4. The molecule has 0 spiro atoms. The van der Waals surface area contributed by atoms with Crippen LogP contribution in [-0.2, 0) is 13.0 Å². The summed E-state index contributed by atoms with van der Waals surface area (Å²) in [6.45, 7) is 5.32. The highest BCUT2D eigenvalue weighted by Crippen LogP contribution is 2.33. The molecular weight excluding hydrogens is 352 g/mol. The van der Waals surface area contributed by atoms with Gasteiger partial charge in [-0.2, -0.15) is 0 Å². The third-order valence-corrected chi connectivity index (χ3v) is 5.81. The largest absolute Gasteiger partial charge is 0.330 e. The topological polar surface area (TPSA) is 17.8 Å². The fourth-order valence-corrected chi connectivity index (χ4v) is 4.21. The molecule has 4 rings (SSSR count). The Labute approximate surface area is 173 Å². The van der Waals surface area contributed by atoms with Gasteiger partial charge in [-0.3, -0.25) is 0 Å². The van der Waals surface area contributed by atoms with Gasteiger partial charge in [0.15, 0.2) is 0 Å². The molecule has 0 N–H and O–H groups in total. The second-order valence-corrected chi connectivity index (χ2v) is 7.80. The molecule has 29 heavy (non-hydrogen) atoms. The third kappa shape index (κ3) is 4.48. The molecule has 0 aliphatic heterocycles. The van der Waals surface area contributed by atoms with E-state index in [1.807, 2.05) is 12.5 Å². The number of nitrogens with zero attached hydrogens (tertiary/aromatic N) is 2. The summed E-state index contributed by atoms with van der Waals surface area (Å²) in [6, 6.07) is 28.2. The second-order valence-electron chi connectivity index (χ2n) is 7.80. The van der Waals surface area contributed by atoms with Gasteiger partial charge in [0.05, 0.1) is 6.33 Å². The summed E-state index contributed by atoms with van der Waals surface area (Å²) < 4.78 is 2.28. The molecule has 1 heterocycles. The summed E-state index contributed by atoms with van der Waals surface area (Å²) in [6.07, 6.45) is 6.05. The highest BCUT2D eigenvalue weighted by atomic mass is 15.0. The fraction of sp³-hybridized carbons (Fsp3) is 0.222. The standard InChI is InChI=1S/C27H28N2/c1-21-10-6-8-14-25(21)27(26-15-9-7-11-22(26)2)17-16-24-18-28-20-29(24)19-23-12-4-3-5-13-23/h3-15,18,20,27H,16-17,19H2,1-2H3. The van der Waals surface area contributed by atoms with Gasteiger partial charge in [0.1, 0.15) is 0 Å². The van der Waals surface area contributed by atoms with Crippen molar-refractivity contribution in [2.45, 2.75) is 39.2 Å². The van der Waals surface area contributed by atoms with Crippen molar-refractivity contribution in [3.8, 4) is 0 Å². The Morgan fingerprint density at radius 2 is 1.34 bits per heavy atom. The maximum atomic E-state index is 4.44. The van der Waals surface area contributed by atoms with Crippen LogP contribution in [-0.4, -0.2) is 9.55 Å². The van der Waals surface area contributed by atoms with Crippen LogP contribution in [0.3, 0.4) is 0 Å².